The number of hydrogen-bond acceptors (Lipinski definition) is 4. The highest BCUT2D eigenvalue weighted by molar-refractivity contribution is 9.10. The van der Waals surface area contributed by atoms with Crippen LogP contribution >= 0.6 is 39.0 Å². The van der Waals surface area contributed by atoms with Gasteiger partial charge in [-0.05, 0) is 34.5 Å². The van der Waals surface area contributed by atoms with E-state index < -0.39 is 0 Å². The first-order valence-corrected chi connectivity index (χ1v) is 7.72. The number of halogens is 1. The second kappa shape index (κ2) is 4.59. The lowest BCUT2D eigenvalue weighted by Crippen LogP contribution is -2.20. The molecular weight excluding hydrogens is 320 g/mol. The van der Waals surface area contributed by atoms with Crippen LogP contribution in [0.5, 0.6) is 0 Å². The molecule has 3 rings (SSSR count). The summed E-state index contributed by atoms with van der Waals surface area (Å²) in [7, 11) is 0. The summed E-state index contributed by atoms with van der Waals surface area (Å²) in [6.45, 7) is 0.783. The van der Waals surface area contributed by atoms with Crippen molar-refractivity contribution < 1.29 is 4.79 Å². The van der Waals surface area contributed by atoms with E-state index in [4.69, 9.17) is 0 Å². The number of thioether (sulfide) groups is 1. The topological polar surface area (TPSA) is 42.0 Å². The van der Waals surface area contributed by atoms with E-state index in [1.807, 2.05) is 18.2 Å². The molecule has 1 atom stereocenters. The van der Waals surface area contributed by atoms with Crippen molar-refractivity contribution in [1.29, 1.82) is 0 Å². The van der Waals surface area contributed by atoms with E-state index in [9.17, 15) is 4.79 Å². The van der Waals surface area contributed by atoms with Crippen LogP contribution in [-0.2, 0) is 4.79 Å². The molecule has 2 aromatic rings. The van der Waals surface area contributed by atoms with Gasteiger partial charge in [-0.25, -0.2) is 4.98 Å². The van der Waals surface area contributed by atoms with E-state index in [1.165, 1.54) is 0 Å². The number of nitrogens with zero attached hydrogens (tertiary/aromatic N) is 1. The maximum absolute atomic E-state index is 11.5. The van der Waals surface area contributed by atoms with E-state index in [1.54, 1.807) is 23.1 Å². The minimum absolute atomic E-state index is 0.0225. The molecule has 1 aromatic carbocycles. The van der Waals surface area contributed by atoms with E-state index >= 15 is 0 Å². The minimum atomic E-state index is 0.0225. The van der Waals surface area contributed by atoms with Crippen LogP contribution in [0.4, 0.5) is 0 Å². The molecule has 0 aliphatic carbocycles. The summed E-state index contributed by atoms with van der Waals surface area (Å²) in [4.78, 5) is 16.0. The molecule has 1 aromatic heterocycles. The quantitative estimate of drug-likeness (QED) is 0.921. The SMILES string of the molecule is O=C1NCC[C@@H]1Sc1nc2cccc(Br)c2s1. The molecule has 1 aliphatic rings. The minimum Gasteiger partial charge on any atom is -0.355 e. The molecule has 88 valence electrons. The fraction of sp³-hybridized carbons (Fsp3) is 0.273. The Bertz CT molecular complexity index is 584. The number of aromatic nitrogens is 1. The van der Waals surface area contributed by atoms with Gasteiger partial charge in [0.25, 0.3) is 0 Å². The molecule has 2 heterocycles. The molecule has 1 fully saturated rings. The molecule has 0 bridgehead atoms. The zero-order valence-electron chi connectivity index (χ0n) is 8.77. The van der Waals surface area contributed by atoms with Gasteiger partial charge in [0, 0.05) is 11.0 Å². The zero-order valence-corrected chi connectivity index (χ0v) is 12.0. The molecule has 1 saturated heterocycles. The second-order valence-corrected chi connectivity index (χ2v) is 7.06. The van der Waals surface area contributed by atoms with Crippen LogP contribution in [0.3, 0.4) is 0 Å². The Balaban J connectivity index is 1.91. The third kappa shape index (κ3) is 2.21. The Kier molecular flexibility index (Phi) is 3.10. The van der Waals surface area contributed by atoms with Crippen molar-refractivity contribution in [3.63, 3.8) is 0 Å². The third-order valence-electron chi connectivity index (χ3n) is 2.59. The van der Waals surface area contributed by atoms with Gasteiger partial charge in [0.05, 0.1) is 15.5 Å². The Morgan fingerprint density at radius 2 is 2.41 bits per heavy atom. The highest BCUT2D eigenvalue weighted by atomic mass is 79.9. The normalized spacial score (nSPS) is 19.8. The van der Waals surface area contributed by atoms with Gasteiger partial charge in [0.15, 0.2) is 4.34 Å². The predicted octanol–water partition coefficient (Wildman–Crippen LogP) is 3.04. The maximum Gasteiger partial charge on any atom is 0.233 e. The van der Waals surface area contributed by atoms with Crippen LogP contribution < -0.4 is 5.32 Å². The van der Waals surface area contributed by atoms with Crippen LogP contribution in [0, 0.1) is 0 Å². The first-order valence-electron chi connectivity index (χ1n) is 5.23. The van der Waals surface area contributed by atoms with Crippen molar-refractivity contribution in [3.8, 4) is 0 Å². The number of thiazole rings is 1. The van der Waals surface area contributed by atoms with Crippen LogP contribution in [-0.4, -0.2) is 22.7 Å². The fourth-order valence-electron chi connectivity index (χ4n) is 1.75. The predicted molar refractivity (Wildman–Crippen MR) is 74.6 cm³/mol. The van der Waals surface area contributed by atoms with Crippen molar-refractivity contribution in [2.75, 3.05) is 6.54 Å². The molecule has 0 saturated carbocycles. The largest absolute Gasteiger partial charge is 0.355 e. The third-order valence-corrected chi connectivity index (χ3v) is 5.98. The summed E-state index contributed by atoms with van der Waals surface area (Å²) < 4.78 is 3.18. The summed E-state index contributed by atoms with van der Waals surface area (Å²) in [5.74, 6) is 0.133. The molecule has 1 N–H and O–H groups in total. The summed E-state index contributed by atoms with van der Waals surface area (Å²) in [6.07, 6.45) is 0.889. The van der Waals surface area contributed by atoms with Gasteiger partial charge in [0.2, 0.25) is 5.91 Å². The number of rotatable bonds is 2. The number of amides is 1. The smallest absolute Gasteiger partial charge is 0.233 e. The Morgan fingerprint density at radius 3 is 3.12 bits per heavy atom. The van der Waals surface area contributed by atoms with Gasteiger partial charge in [0.1, 0.15) is 0 Å². The van der Waals surface area contributed by atoms with Gasteiger partial charge in [-0.15, -0.1) is 11.3 Å². The average molecular weight is 329 g/mol. The van der Waals surface area contributed by atoms with Crippen LogP contribution in [0.15, 0.2) is 27.0 Å². The average Bonchev–Trinajstić information content (AvgIpc) is 2.87. The molecule has 0 unspecified atom stereocenters. The summed E-state index contributed by atoms with van der Waals surface area (Å²) in [5, 5.41) is 2.87. The lowest BCUT2D eigenvalue weighted by Gasteiger charge is -2.01. The van der Waals surface area contributed by atoms with Gasteiger partial charge in [-0.3, -0.25) is 4.79 Å². The first kappa shape index (κ1) is 11.5. The Hall–Kier alpha value is -0.590. The Morgan fingerprint density at radius 1 is 1.53 bits per heavy atom. The van der Waals surface area contributed by atoms with Gasteiger partial charge >= 0.3 is 0 Å². The second-order valence-electron chi connectivity index (χ2n) is 3.75. The monoisotopic (exact) mass is 328 g/mol. The van der Waals surface area contributed by atoms with Crippen molar-refractivity contribution in [2.24, 2.45) is 0 Å². The van der Waals surface area contributed by atoms with Crippen LogP contribution in [0.25, 0.3) is 10.2 Å². The zero-order chi connectivity index (χ0) is 11.8. The number of fused-ring (bicyclic) bond motifs is 1. The molecule has 1 amide bonds. The first-order chi connectivity index (χ1) is 8.24. The number of benzene rings is 1. The molecule has 0 radical (unpaired) electrons. The number of nitrogens with one attached hydrogen (secondary N) is 1. The van der Waals surface area contributed by atoms with E-state index in [0.29, 0.717) is 0 Å². The molecular formula is C11H9BrN2OS2. The molecule has 17 heavy (non-hydrogen) atoms. The lowest BCUT2D eigenvalue weighted by atomic mass is 10.3. The van der Waals surface area contributed by atoms with Gasteiger partial charge in [-0.1, -0.05) is 17.8 Å². The Labute approximate surface area is 115 Å². The van der Waals surface area contributed by atoms with E-state index in [0.717, 1.165) is 32.0 Å². The van der Waals surface area contributed by atoms with Crippen molar-refractivity contribution in [2.45, 2.75) is 16.0 Å². The van der Waals surface area contributed by atoms with Gasteiger partial charge < -0.3 is 5.32 Å². The van der Waals surface area contributed by atoms with Crippen molar-refractivity contribution in [3.05, 3.63) is 22.7 Å². The number of hydrogen-bond donors (Lipinski definition) is 1. The van der Waals surface area contributed by atoms with E-state index in [2.05, 4.69) is 26.2 Å². The van der Waals surface area contributed by atoms with Crippen molar-refractivity contribution >= 4 is 55.2 Å². The standard InChI is InChI=1S/C11H9BrN2OS2/c12-6-2-1-3-7-9(6)17-11(14-7)16-8-4-5-13-10(8)15/h1-3,8H,4-5H2,(H,13,15)/t8-/m0/s1. The molecule has 1 aliphatic heterocycles. The molecule has 6 heteroatoms. The fourth-order valence-corrected chi connectivity index (χ4v) is 4.66. The lowest BCUT2D eigenvalue weighted by molar-refractivity contribution is -0.118. The highest BCUT2D eigenvalue weighted by Gasteiger charge is 2.26. The van der Waals surface area contributed by atoms with Crippen molar-refractivity contribution in [1.82, 2.24) is 10.3 Å². The summed E-state index contributed by atoms with van der Waals surface area (Å²) in [6, 6.07) is 5.98. The van der Waals surface area contributed by atoms with E-state index in [-0.39, 0.29) is 11.2 Å². The summed E-state index contributed by atoms with van der Waals surface area (Å²) in [5.41, 5.74) is 0.991. The molecule has 0 spiro atoms. The maximum atomic E-state index is 11.5. The molecule has 3 nitrogen and oxygen atoms in total. The van der Waals surface area contributed by atoms with Gasteiger partial charge in [-0.2, -0.15) is 0 Å². The summed E-state index contributed by atoms with van der Waals surface area (Å²) >= 11 is 6.72. The number of carbonyl (C=O) groups excluding carboxylic acids is 1. The van der Waals surface area contributed by atoms with Crippen LogP contribution in [0.2, 0.25) is 0 Å². The van der Waals surface area contributed by atoms with Crippen LogP contribution in [0.1, 0.15) is 6.42 Å². The number of carbonyl (C=O) groups is 1. The highest BCUT2D eigenvalue weighted by Crippen LogP contribution is 2.37.